The molecule has 0 radical (unpaired) electrons. The topological polar surface area (TPSA) is 101 Å². The van der Waals surface area contributed by atoms with Crippen LogP contribution in [0.3, 0.4) is 0 Å². The van der Waals surface area contributed by atoms with Gasteiger partial charge in [-0.25, -0.2) is 9.79 Å². The fraction of sp³-hybridized carbons (Fsp3) is 0.444. The van der Waals surface area contributed by atoms with Crippen LogP contribution in [0.5, 0.6) is 0 Å². The highest BCUT2D eigenvalue weighted by atomic mass is 79.9. The number of carboxylic acids is 1. The molecule has 2 atom stereocenters. The molecule has 0 amide bonds. The normalized spacial score (nSPS) is 27.8. The molecule has 0 aromatic rings. The largest absolute Gasteiger partial charge is 0.477 e. The van der Waals surface area contributed by atoms with Gasteiger partial charge in [0.15, 0.2) is 12.3 Å². The number of rotatable bonds is 2. The van der Waals surface area contributed by atoms with Crippen molar-refractivity contribution in [2.24, 2.45) is 15.9 Å². The Kier molecular flexibility index (Phi) is 3.49. The number of nitrogens with two attached hydrogens (primary N) is 1. The van der Waals surface area contributed by atoms with Crippen LogP contribution in [0.2, 0.25) is 0 Å². The molecule has 7 nitrogen and oxygen atoms in total. The molecule has 0 aliphatic carbocycles. The van der Waals surface area contributed by atoms with Gasteiger partial charge in [0.25, 0.3) is 0 Å². The SMILES string of the molecule is CN1C(C(=O)O)=C(Cl)C(N)=NC1C1CC(Br)=NO1. The second kappa shape index (κ2) is 4.77. The molecule has 0 saturated heterocycles. The van der Waals surface area contributed by atoms with E-state index >= 15 is 0 Å². The fourth-order valence-corrected chi connectivity index (χ4v) is 2.46. The van der Waals surface area contributed by atoms with E-state index in [2.05, 4.69) is 26.1 Å². The van der Waals surface area contributed by atoms with Crippen LogP contribution in [0.15, 0.2) is 20.9 Å². The Balaban J connectivity index is 2.29. The molecule has 0 aromatic carbocycles. The van der Waals surface area contributed by atoms with Gasteiger partial charge in [-0.1, -0.05) is 16.8 Å². The van der Waals surface area contributed by atoms with Gasteiger partial charge in [0.05, 0.1) is 0 Å². The van der Waals surface area contributed by atoms with E-state index in [1.807, 2.05) is 0 Å². The second-order valence-electron chi connectivity index (χ2n) is 3.82. The molecule has 0 bridgehead atoms. The van der Waals surface area contributed by atoms with Gasteiger partial charge in [0.1, 0.15) is 21.2 Å². The minimum atomic E-state index is -1.16. The van der Waals surface area contributed by atoms with E-state index in [0.29, 0.717) is 11.0 Å². The number of likely N-dealkylation sites (N-methyl/N-ethyl adjacent to an activating group) is 1. The molecule has 2 rings (SSSR count). The fourth-order valence-electron chi connectivity index (χ4n) is 1.80. The average Bonchev–Trinajstić information content (AvgIpc) is 2.70. The zero-order valence-electron chi connectivity index (χ0n) is 9.30. The van der Waals surface area contributed by atoms with Crippen molar-refractivity contribution < 1.29 is 14.7 Å². The van der Waals surface area contributed by atoms with E-state index in [-0.39, 0.29) is 16.6 Å². The van der Waals surface area contributed by atoms with Crippen molar-refractivity contribution in [3.05, 3.63) is 10.7 Å². The van der Waals surface area contributed by atoms with Crippen LogP contribution in [0, 0.1) is 0 Å². The van der Waals surface area contributed by atoms with Crippen LogP contribution < -0.4 is 5.73 Å². The Labute approximate surface area is 116 Å². The van der Waals surface area contributed by atoms with Crippen LogP contribution in [-0.4, -0.2) is 45.7 Å². The highest BCUT2D eigenvalue weighted by Crippen LogP contribution is 2.28. The van der Waals surface area contributed by atoms with Crippen molar-refractivity contribution in [3.63, 3.8) is 0 Å². The Morgan fingerprint density at radius 3 is 2.89 bits per heavy atom. The van der Waals surface area contributed by atoms with E-state index in [4.69, 9.17) is 27.3 Å². The Hall–Kier alpha value is -1.28. The highest BCUT2D eigenvalue weighted by Gasteiger charge is 2.38. The third-order valence-electron chi connectivity index (χ3n) is 2.65. The Morgan fingerprint density at radius 1 is 1.72 bits per heavy atom. The molecule has 2 aliphatic heterocycles. The first kappa shape index (κ1) is 13.2. The Morgan fingerprint density at radius 2 is 2.39 bits per heavy atom. The van der Waals surface area contributed by atoms with Crippen molar-refractivity contribution in [2.45, 2.75) is 18.7 Å². The summed E-state index contributed by atoms with van der Waals surface area (Å²) in [5.41, 5.74) is 5.53. The Bertz CT molecular complexity index is 490. The highest BCUT2D eigenvalue weighted by molar-refractivity contribution is 9.18. The number of halogens is 2. The number of carboxylic acid groups (broad SMARTS) is 1. The van der Waals surface area contributed by atoms with Gasteiger partial charge in [-0.3, -0.25) is 0 Å². The standard InChI is InChI=1S/C9H10BrClN4O3/c1-15-6(9(16)17)5(11)7(12)13-8(15)3-2-4(10)14-18-3/h3,8H,2H2,1H3,(H2,12,13)(H,16,17). The number of aliphatic carboxylic acids is 1. The van der Waals surface area contributed by atoms with Gasteiger partial charge in [0.2, 0.25) is 0 Å². The van der Waals surface area contributed by atoms with Gasteiger partial charge in [-0.2, -0.15) is 0 Å². The molecular weight excluding hydrogens is 327 g/mol. The van der Waals surface area contributed by atoms with E-state index in [1.54, 1.807) is 7.05 Å². The molecule has 18 heavy (non-hydrogen) atoms. The van der Waals surface area contributed by atoms with Crippen LogP contribution in [-0.2, 0) is 9.63 Å². The predicted octanol–water partition coefficient (Wildman–Crippen LogP) is 0.647. The molecule has 2 aliphatic rings. The number of oxime groups is 1. The van der Waals surface area contributed by atoms with E-state index in [1.165, 1.54) is 4.90 Å². The predicted molar refractivity (Wildman–Crippen MR) is 69.5 cm³/mol. The summed E-state index contributed by atoms with van der Waals surface area (Å²) in [7, 11) is 1.57. The van der Waals surface area contributed by atoms with Gasteiger partial charge in [-0.15, -0.1) is 0 Å². The minimum Gasteiger partial charge on any atom is -0.477 e. The van der Waals surface area contributed by atoms with Crippen molar-refractivity contribution in [1.82, 2.24) is 4.90 Å². The molecule has 0 spiro atoms. The molecule has 98 valence electrons. The van der Waals surface area contributed by atoms with Gasteiger partial charge < -0.3 is 20.6 Å². The second-order valence-corrected chi connectivity index (χ2v) is 5.12. The minimum absolute atomic E-state index is 0.0104. The van der Waals surface area contributed by atoms with Crippen molar-refractivity contribution in [1.29, 1.82) is 0 Å². The van der Waals surface area contributed by atoms with E-state index in [0.717, 1.165) is 0 Å². The molecule has 0 fully saturated rings. The van der Waals surface area contributed by atoms with Crippen LogP contribution in [0.25, 0.3) is 0 Å². The number of amidine groups is 1. The van der Waals surface area contributed by atoms with Gasteiger partial charge in [-0.05, 0) is 15.9 Å². The summed E-state index contributed by atoms with van der Waals surface area (Å²) in [6, 6.07) is 0. The first-order chi connectivity index (χ1) is 8.41. The summed E-state index contributed by atoms with van der Waals surface area (Å²) in [6.45, 7) is 0. The maximum absolute atomic E-state index is 11.2. The van der Waals surface area contributed by atoms with E-state index in [9.17, 15) is 4.79 Å². The van der Waals surface area contributed by atoms with Crippen LogP contribution in [0.1, 0.15) is 6.42 Å². The third kappa shape index (κ3) is 2.17. The van der Waals surface area contributed by atoms with Crippen molar-refractivity contribution in [3.8, 4) is 0 Å². The summed E-state index contributed by atoms with van der Waals surface area (Å²) >= 11 is 9.05. The molecule has 0 aromatic heterocycles. The molecule has 3 N–H and O–H groups in total. The first-order valence-electron chi connectivity index (χ1n) is 4.99. The maximum Gasteiger partial charge on any atom is 0.353 e. The number of nitrogens with zero attached hydrogens (tertiary/aromatic N) is 3. The lowest BCUT2D eigenvalue weighted by Gasteiger charge is -2.33. The lowest BCUT2D eigenvalue weighted by atomic mass is 10.1. The van der Waals surface area contributed by atoms with Crippen LogP contribution in [0.4, 0.5) is 0 Å². The number of hydrogen-bond acceptors (Lipinski definition) is 6. The zero-order chi connectivity index (χ0) is 13.4. The van der Waals surface area contributed by atoms with Crippen molar-refractivity contribution >= 4 is 44.0 Å². The number of carbonyl (C=O) groups is 1. The smallest absolute Gasteiger partial charge is 0.353 e. The van der Waals surface area contributed by atoms with Gasteiger partial charge in [0, 0.05) is 13.5 Å². The average molecular weight is 338 g/mol. The van der Waals surface area contributed by atoms with Crippen LogP contribution >= 0.6 is 27.5 Å². The molecular formula is C9H10BrClN4O3. The maximum atomic E-state index is 11.2. The third-order valence-corrected chi connectivity index (χ3v) is 3.49. The summed E-state index contributed by atoms with van der Waals surface area (Å²) < 4.78 is 0.646. The monoisotopic (exact) mass is 336 g/mol. The number of hydrogen-bond donors (Lipinski definition) is 2. The number of aliphatic imine (C=N–C) groups is 1. The summed E-state index contributed by atoms with van der Waals surface area (Å²) in [5.74, 6) is -1.17. The first-order valence-corrected chi connectivity index (χ1v) is 6.16. The van der Waals surface area contributed by atoms with E-state index < -0.39 is 18.2 Å². The van der Waals surface area contributed by atoms with Gasteiger partial charge >= 0.3 is 5.97 Å². The summed E-state index contributed by atoms with van der Waals surface area (Å²) in [5, 5.41) is 12.8. The molecule has 2 unspecified atom stereocenters. The lowest BCUT2D eigenvalue weighted by molar-refractivity contribution is -0.135. The molecule has 0 saturated carbocycles. The van der Waals surface area contributed by atoms with Crippen molar-refractivity contribution in [2.75, 3.05) is 7.05 Å². The molecule has 2 heterocycles. The zero-order valence-corrected chi connectivity index (χ0v) is 11.6. The quantitative estimate of drug-likeness (QED) is 0.770. The molecule has 9 heteroatoms. The summed E-state index contributed by atoms with van der Waals surface area (Å²) in [6.07, 6.45) is -0.476. The summed E-state index contributed by atoms with van der Waals surface area (Å²) in [4.78, 5) is 21.9. The lowest BCUT2D eigenvalue weighted by Crippen LogP contribution is -2.46.